The molecule has 0 saturated heterocycles. The van der Waals surface area contributed by atoms with Crippen LogP contribution in [0.4, 0.5) is 13.2 Å². The number of carbonyl (C=O) groups is 1. The molecule has 1 amide bonds. The van der Waals surface area contributed by atoms with Gasteiger partial charge in [-0.2, -0.15) is 13.2 Å². The maximum Gasteiger partial charge on any atom is 0.406 e. The van der Waals surface area contributed by atoms with Crippen LogP contribution in [-0.2, 0) is 4.79 Å². The molecule has 0 aliphatic carbocycles. The van der Waals surface area contributed by atoms with E-state index in [1.165, 1.54) is 0 Å². The first-order chi connectivity index (χ1) is 8.80. The molecule has 0 heterocycles. The summed E-state index contributed by atoms with van der Waals surface area (Å²) in [6.45, 7) is 8.42. The Balaban J connectivity index is 4.62. The fourth-order valence-electron chi connectivity index (χ4n) is 2.12. The first-order valence-electron chi connectivity index (χ1n) is 6.90. The zero-order chi connectivity index (χ0) is 16.1. The summed E-state index contributed by atoms with van der Waals surface area (Å²) in [6, 6.07) is -0.412. The second kappa shape index (κ2) is 7.29. The molecule has 0 radical (unpaired) electrons. The zero-order valence-electron chi connectivity index (χ0n) is 13.0. The topological polar surface area (TPSA) is 46.3 Å². The number of nitrogens with two attached hydrogens (primary N) is 1. The molecule has 0 aromatic heterocycles. The second-order valence-electron chi connectivity index (χ2n) is 7.01. The van der Waals surface area contributed by atoms with Gasteiger partial charge in [0.05, 0.1) is 0 Å². The van der Waals surface area contributed by atoms with Crippen molar-refractivity contribution >= 4 is 5.91 Å². The lowest BCUT2D eigenvalue weighted by molar-refractivity contribution is -0.162. The van der Waals surface area contributed by atoms with Gasteiger partial charge in [-0.15, -0.1) is 0 Å². The summed E-state index contributed by atoms with van der Waals surface area (Å²) >= 11 is 0. The number of hydrogen-bond donors (Lipinski definition) is 1. The fraction of sp³-hybridized carbons (Fsp3) is 0.929. The summed E-state index contributed by atoms with van der Waals surface area (Å²) < 4.78 is 37.5. The molecule has 0 aliphatic heterocycles. The highest BCUT2D eigenvalue weighted by atomic mass is 19.4. The van der Waals surface area contributed by atoms with Crippen molar-refractivity contribution < 1.29 is 18.0 Å². The number of alkyl halides is 3. The van der Waals surface area contributed by atoms with Gasteiger partial charge in [0.25, 0.3) is 0 Å². The van der Waals surface area contributed by atoms with Crippen molar-refractivity contribution in [1.82, 2.24) is 4.90 Å². The fourth-order valence-corrected chi connectivity index (χ4v) is 2.12. The van der Waals surface area contributed by atoms with Crippen LogP contribution in [0.15, 0.2) is 0 Å². The molecular weight excluding hydrogens is 269 g/mol. The Morgan fingerprint density at radius 3 is 2.05 bits per heavy atom. The summed E-state index contributed by atoms with van der Waals surface area (Å²) in [5.74, 6) is -0.534. The van der Waals surface area contributed by atoms with Crippen molar-refractivity contribution in [3.05, 3.63) is 0 Å². The van der Waals surface area contributed by atoms with Gasteiger partial charge in [-0.05, 0) is 17.8 Å². The number of rotatable bonds is 6. The van der Waals surface area contributed by atoms with Crippen LogP contribution in [0.3, 0.4) is 0 Å². The van der Waals surface area contributed by atoms with Gasteiger partial charge in [0.1, 0.15) is 6.54 Å². The Labute approximate surface area is 119 Å². The molecule has 0 spiro atoms. The van der Waals surface area contributed by atoms with E-state index in [9.17, 15) is 18.0 Å². The van der Waals surface area contributed by atoms with Gasteiger partial charge in [-0.25, -0.2) is 0 Å². The van der Waals surface area contributed by atoms with Crippen molar-refractivity contribution in [3.63, 3.8) is 0 Å². The third-order valence-electron chi connectivity index (χ3n) is 2.62. The molecule has 3 nitrogen and oxygen atoms in total. The Morgan fingerprint density at radius 2 is 1.70 bits per heavy atom. The average Bonchev–Trinajstić information content (AvgIpc) is 2.09. The molecule has 2 N–H and O–H groups in total. The number of halogens is 3. The van der Waals surface area contributed by atoms with Gasteiger partial charge in [0, 0.05) is 19.0 Å². The van der Waals surface area contributed by atoms with E-state index in [2.05, 4.69) is 0 Å². The molecule has 20 heavy (non-hydrogen) atoms. The minimum absolute atomic E-state index is 0.0138. The molecule has 0 rings (SSSR count). The van der Waals surface area contributed by atoms with Crippen LogP contribution in [0.2, 0.25) is 0 Å². The van der Waals surface area contributed by atoms with Crippen molar-refractivity contribution in [2.24, 2.45) is 17.1 Å². The van der Waals surface area contributed by atoms with Crippen LogP contribution in [0.25, 0.3) is 0 Å². The minimum atomic E-state index is -4.38. The number of amides is 1. The first kappa shape index (κ1) is 19.2. The van der Waals surface area contributed by atoms with Crippen molar-refractivity contribution in [1.29, 1.82) is 0 Å². The molecule has 1 unspecified atom stereocenters. The van der Waals surface area contributed by atoms with E-state index in [0.29, 0.717) is 6.42 Å². The summed E-state index contributed by atoms with van der Waals surface area (Å²) in [7, 11) is 0. The second-order valence-corrected chi connectivity index (χ2v) is 7.01. The third-order valence-corrected chi connectivity index (χ3v) is 2.62. The third kappa shape index (κ3) is 10.1. The molecule has 0 aromatic rings. The molecule has 0 bridgehead atoms. The summed E-state index contributed by atoms with van der Waals surface area (Å²) in [5, 5.41) is 0. The predicted octanol–water partition coefficient (Wildman–Crippen LogP) is 3.19. The lowest BCUT2D eigenvalue weighted by atomic mass is 9.87. The summed E-state index contributed by atoms with van der Waals surface area (Å²) in [4.78, 5) is 12.9. The first-order valence-corrected chi connectivity index (χ1v) is 6.90. The minimum Gasteiger partial charge on any atom is -0.333 e. The van der Waals surface area contributed by atoms with Gasteiger partial charge in [-0.3, -0.25) is 4.79 Å². The van der Waals surface area contributed by atoms with Crippen LogP contribution in [0.5, 0.6) is 0 Å². The normalized spacial score (nSPS) is 14.5. The quantitative estimate of drug-likeness (QED) is 0.818. The Morgan fingerprint density at radius 1 is 1.20 bits per heavy atom. The lowest BCUT2D eigenvalue weighted by Crippen LogP contribution is -2.43. The summed E-state index contributed by atoms with van der Waals surface area (Å²) in [6.07, 6.45) is -3.82. The Bertz CT molecular complexity index is 309. The van der Waals surface area contributed by atoms with Gasteiger partial charge in [0.15, 0.2) is 0 Å². The van der Waals surface area contributed by atoms with Gasteiger partial charge >= 0.3 is 6.18 Å². The van der Waals surface area contributed by atoms with Crippen molar-refractivity contribution in [2.75, 3.05) is 13.1 Å². The predicted molar refractivity (Wildman–Crippen MR) is 74.1 cm³/mol. The maximum absolute atomic E-state index is 12.5. The van der Waals surface area contributed by atoms with Crippen LogP contribution in [0, 0.1) is 11.3 Å². The van der Waals surface area contributed by atoms with E-state index < -0.39 is 24.7 Å². The highest BCUT2D eigenvalue weighted by Gasteiger charge is 2.33. The highest BCUT2D eigenvalue weighted by Crippen LogP contribution is 2.22. The van der Waals surface area contributed by atoms with E-state index in [1.807, 2.05) is 20.8 Å². The van der Waals surface area contributed by atoms with E-state index >= 15 is 0 Å². The maximum atomic E-state index is 12.5. The van der Waals surface area contributed by atoms with Crippen LogP contribution in [-0.4, -0.2) is 36.1 Å². The molecule has 120 valence electrons. The smallest absolute Gasteiger partial charge is 0.333 e. The molecular formula is C14H27F3N2O. The van der Waals surface area contributed by atoms with Crippen molar-refractivity contribution in [2.45, 2.75) is 59.7 Å². The highest BCUT2D eigenvalue weighted by molar-refractivity contribution is 5.76. The van der Waals surface area contributed by atoms with Gasteiger partial charge in [0.2, 0.25) is 5.91 Å². The van der Waals surface area contributed by atoms with Gasteiger partial charge < -0.3 is 10.6 Å². The molecule has 6 heteroatoms. The van der Waals surface area contributed by atoms with E-state index in [0.717, 1.165) is 4.90 Å². The van der Waals surface area contributed by atoms with Crippen molar-refractivity contribution in [3.8, 4) is 0 Å². The van der Waals surface area contributed by atoms with E-state index in [1.54, 1.807) is 13.8 Å². The number of carbonyl (C=O) groups excluding carboxylic acids is 1. The zero-order valence-corrected chi connectivity index (χ0v) is 13.0. The summed E-state index contributed by atoms with van der Waals surface area (Å²) in [5.41, 5.74) is 5.82. The monoisotopic (exact) mass is 296 g/mol. The molecule has 0 saturated carbocycles. The number of nitrogens with zero attached hydrogens (tertiary/aromatic N) is 1. The molecule has 0 aliphatic rings. The van der Waals surface area contributed by atoms with Crippen LogP contribution >= 0.6 is 0 Å². The molecule has 0 aromatic carbocycles. The molecule has 1 atom stereocenters. The average molecular weight is 296 g/mol. The Kier molecular flexibility index (Phi) is 7.01. The van der Waals surface area contributed by atoms with E-state index in [4.69, 9.17) is 5.73 Å². The van der Waals surface area contributed by atoms with Gasteiger partial charge in [-0.1, -0.05) is 34.6 Å². The molecule has 0 fully saturated rings. The van der Waals surface area contributed by atoms with Crippen LogP contribution in [0.1, 0.15) is 47.5 Å². The lowest BCUT2D eigenvalue weighted by Gasteiger charge is -2.28. The van der Waals surface area contributed by atoms with E-state index in [-0.39, 0.29) is 24.3 Å². The largest absolute Gasteiger partial charge is 0.406 e. The standard InChI is InChI=1S/C14H27F3N2O/c1-10(2)8-19(9-14(15,16)17)12(20)6-11(18)7-13(3,4)5/h10-11H,6-9,18H2,1-5H3. The number of hydrogen-bond acceptors (Lipinski definition) is 2. The SMILES string of the molecule is CC(C)CN(CC(F)(F)F)C(=O)CC(N)CC(C)(C)C. The Hall–Kier alpha value is -0.780. The van der Waals surface area contributed by atoms with Crippen LogP contribution < -0.4 is 5.73 Å².